The van der Waals surface area contributed by atoms with Crippen LogP contribution in [0.15, 0.2) is 78.9 Å². The van der Waals surface area contributed by atoms with Gasteiger partial charge in [-0.3, -0.25) is 0 Å². The van der Waals surface area contributed by atoms with E-state index in [0.717, 1.165) is 5.56 Å². The second kappa shape index (κ2) is 6.36. The van der Waals surface area contributed by atoms with Crippen LogP contribution in [0.2, 0.25) is 0 Å². The van der Waals surface area contributed by atoms with E-state index < -0.39 is 5.97 Å². The number of aromatic hydroxyl groups is 1. The molecule has 3 nitrogen and oxygen atoms in total. The molecule has 1 atom stereocenters. The van der Waals surface area contributed by atoms with Gasteiger partial charge in [-0.25, -0.2) is 4.79 Å². The zero-order valence-corrected chi connectivity index (χ0v) is 12.4. The van der Waals surface area contributed by atoms with Crippen molar-refractivity contribution in [2.45, 2.75) is 5.92 Å². The predicted molar refractivity (Wildman–Crippen MR) is 88.9 cm³/mol. The highest BCUT2D eigenvalue weighted by molar-refractivity contribution is 5.90. The van der Waals surface area contributed by atoms with Crippen LogP contribution in [-0.4, -0.2) is 16.2 Å². The van der Waals surface area contributed by atoms with Crippen LogP contribution in [0.25, 0.3) is 0 Å². The van der Waals surface area contributed by atoms with Crippen LogP contribution in [0, 0.1) is 0 Å². The standard InChI is InChI=1S/C20H16O3/c21-18-13-7-6-12-17(18)19(14-8-2-1-3-9-14)15-10-4-5-11-16(15)20(22)23/h1-13,19,21H,(H,22,23)/t19-/m0/s1. The van der Waals surface area contributed by atoms with E-state index in [-0.39, 0.29) is 17.2 Å². The Hall–Kier alpha value is -3.07. The molecular weight excluding hydrogens is 288 g/mol. The summed E-state index contributed by atoms with van der Waals surface area (Å²) in [7, 11) is 0. The maximum Gasteiger partial charge on any atom is 0.335 e. The Morgan fingerprint density at radius 1 is 0.739 bits per heavy atom. The molecule has 0 aliphatic rings. The van der Waals surface area contributed by atoms with E-state index in [9.17, 15) is 15.0 Å². The van der Waals surface area contributed by atoms with Gasteiger partial charge in [0.25, 0.3) is 0 Å². The normalized spacial score (nSPS) is 11.8. The number of carboxylic acid groups (broad SMARTS) is 1. The fourth-order valence-electron chi connectivity index (χ4n) is 2.85. The Labute approximate surface area is 134 Å². The molecule has 0 heterocycles. The molecule has 0 saturated heterocycles. The lowest BCUT2D eigenvalue weighted by Crippen LogP contribution is -2.10. The summed E-state index contributed by atoms with van der Waals surface area (Å²) in [5.41, 5.74) is 2.52. The van der Waals surface area contributed by atoms with Gasteiger partial charge >= 0.3 is 5.97 Å². The highest BCUT2D eigenvalue weighted by Crippen LogP contribution is 2.37. The summed E-state index contributed by atoms with van der Waals surface area (Å²) >= 11 is 0. The van der Waals surface area contributed by atoms with Crippen molar-refractivity contribution >= 4 is 5.97 Å². The van der Waals surface area contributed by atoms with Gasteiger partial charge in [0.05, 0.1) is 5.56 Å². The van der Waals surface area contributed by atoms with Crippen molar-refractivity contribution in [3.63, 3.8) is 0 Å². The number of rotatable bonds is 4. The lowest BCUT2D eigenvalue weighted by molar-refractivity contribution is 0.0695. The Bertz CT molecular complexity index is 825. The first kappa shape index (κ1) is 14.9. The minimum absolute atomic E-state index is 0.154. The maximum atomic E-state index is 11.6. The predicted octanol–water partition coefficient (Wildman–Crippen LogP) is 4.27. The smallest absolute Gasteiger partial charge is 0.335 e. The average molecular weight is 304 g/mol. The molecule has 0 saturated carbocycles. The van der Waals surface area contributed by atoms with E-state index in [4.69, 9.17) is 0 Å². The Kier molecular flexibility index (Phi) is 4.11. The number of phenolic OH excluding ortho intramolecular Hbond substituents is 1. The molecule has 3 heteroatoms. The lowest BCUT2D eigenvalue weighted by Gasteiger charge is -2.21. The summed E-state index contributed by atoms with van der Waals surface area (Å²) < 4.78 is 0. The number of benzene rings is 3. The fourth-order valence-corrected chi connectivity index (χ4v) is 2.85. The molecule has 0 radical (unpaired) electrons. The van der Waals surface area contributed by atoms with E-state index in [0.29, 0.717) is 11.1 Å². The summed E-state index contributed by atoms with van der Waals surface area (Å²) in [6, 6.07) is 23.6. The molecule has 3 aromatic rings. The molecule has 114 valence electrons. The number of aromatic carboxylic acids is 1. The van der Waals surface area contributed by atoms with Gasteiger partial charge in [0, 0.05) is 11.5 Å². The largest absolute Gasteiger partial charge is 0.508 e. The lowest BCUT2D eigenvalue weighted by atomic mass is 9.82. The van der Waals surface area contributed by atoms with Crippen molar-refractivity contribution in [1.82, 2.24) is 0 Å². The van der Waals surface area contributed by atoms with Gasteiger partial charge in [-0.05, 0) is 23.3 Å². The third kappa shape index (κ3) is 2.94. The molecule has 0 aliphatic heterocycles. The molecule has 0 unspecified atom stereocenters. The number of hydrogen-bond donors (Lipinski definition) is 2. The highest BCUT2D eigenvalue weighted by atomic mass is 16.4. The van der Waals surface area contributed by atoms with Crippen LogP contribution in [0.1, 0.15) is 33.0 Å². The molecule has 0 bridgehead atoms. The van der Waals surface area contributed by atoms with Crippen molar-refractivity contribution in [2.75, 3.05) is 0 Å². The average Bonchev–Trinajstić information content (AvgIpc) is 2.58. The molecule has 2 N–H and O–H groups in total. The zero-order chi connectivity index (χ0) is 16.2. The quantitative estimate of drug-likeness (QED) is 0.708. The van der Waals surface area contributed by atoms with Gasteiger partial charge in [-0.15, -0.1) is 0 Å². The second-order valence-electron chi connectivity index (χ2n) is 5.29. The van der Waals surface area contributed by atoms with E-state index in [1.54, 1.807) is 30.3 Å². The molecule has 23 heavy (non-hydrogen) atoms. The summed E-state index contributed by atoms with van der Waals surface area (Å²) in [6.45, 7) is 0. The number of carbonyl (C=O) groups is 1. The van der Waals surface area contributed by atoms with Crippen molar-refractivity contribution in [3.05, 3.63) is 101 Å². The van der Waals surface area contributed by atoms with E-state index in [2.05, 4.69) is 0 Å². The van der Waals surface area contributed by atoms with Crippen LogP contribution in [0.3, 0.4) is 0 Å². The minimum atomic E-state index is -0.975. The molecule has 3 rings (SSSR count). The van der Waals surface area contributed by atoms with Crippen LogP contribution in [-0.2, 0) is 0 Å². The molecule has 0 fully saturated rings. The van der Waals surface area contributed by atoms with Crippen LogP contribution in [0.5, 0.6) is 5.75 Å². The Morgan fingerprint density at radius 3 is 1.96 bits per heavy atom. The molecule has 0 aromatic heterocycles. The summed E-state index contributed by atoms with van der Waals surface area (Å²) in [4.78, 5) is 11.6. The van der Waals surface area contributed by atoms with Gasteiger partial charge in [-0.1, -0.05) is 66.7 Å². The first-order chi connectivity index (χ1) is 11.2. The number of para-hydroxylation sites is 1. The molecule has 0 aliphatic carbocycles. The minimum Gasteiger partial charge on any atom is -0.508 e. The van der Waals surface area contributed by atoms with Crippen molar-refractivity contribution in [2.24, 2.45) is 0 Å². The highest BCUT2D eigenvalue weighted by Gasteiger charge is 2.24. The number of carboxylic acids is 1. The van der Waals surface area contributed by atoms with Crippen LogP contribution < -0.4 is 0 Å². The van der Waals surface area contributed by atoms with E-state index in [1.807, 2.05) is 48.5 Å². The van der Waals surface area contributed by atoms with Gasteiger partial charge in [0.15, 0.2) is 0 Å². The van der Waals surface area contributed by atoms with Gasteiger partial charge in [0.2, 0.25) is 0 Å². The SMILES string of the molecule is O=C(O)c1ccccc1[C@H](c1ccccc1)c1ccccc1O. The van der Waals surface area contributed by atoms with Gasteiger partial charge < -0.3 is 10.2 Å². The van der Waals surface area contributed by atoms with Gasteiger partial charge in [-0.2, -0.15) is 0 Å². The number of phenols is 1. The van der Waals surface area contributed by atoms with E-state index in [1.165, 1.54) is 0 Å². The Morgan fingerprint density at radius 2 is 1.30 bits per heavy atom. The van der Waals surface area contributed by atoms with Crippen LogP contribution in [0.4, 0.5) is 0 Å². The number of hydrogen-bond acceptors (Lipinski definition) is 2. The fraction of sp³-hybridized carbons (Fsp3) is 0.0500. The second-order valence-corrected chi connectivity index (χ2v) is 5.29. The summed E-state index contributed by atoms with van der Waals surface area (Å²) in [5, 5.41) is 19.8. The maximum absolute atomic E-state index is 11.6. The van der Waals surface area contributed by atoms with Crippen molar-refractivity contribution in [1.29, 1.82) is 0 Å². The Balaban J connectivity index is 2.26. The van der Waals surface area contributed by atoms with Crippen LogP contribution >= 0.6 is 0 Å². The van der Waals surface area contributed by atoms with Crippen molar-refractivity contribution < 1.29 is 15.0 Å². The van der Waals surface area contributed by atoms with Gasteiger partial charge in [0.1, 0.15) is 5.75 Å². The first-order valence-corrected chi connectivity index (χ1v) is 7.33. The van der Waals surface area contributed by atoms with Crippen molar-refractivity contribution in [3.8, 4) is 5.75 Å². The monoisotopic (exact) mass is 304 g/mol. The molecule has 3 aromatic carbocycles. The summed E-state index contributed by atoms with van der Waals surface area (Å²) in [6.07, 6.45) is 0. The third-order valence-electron chi connectivity index (χ3n) is 3.88. The zero-order valence-electron chi connectivity index (χ0n) is 12.4. The molecular formula is C20H16O3. The van der Waals surface area contributed by atoms with E-state index >= 15 is 0 Å². The first-order valence-electron chi connectivity index (χ1n) is 7.33. The third-order valence-corrected chi connectivity index (χ3v) is 3.88. The topological polar surface area (TPSA) is 57.5 Å². The molecule has 0 spiro atoms. The molecule has 0 amide bonds. The summed E-state index contributed by atoms with van der Waals surface area (Å²) in [5.74, 6) is -1.16.